The molecule has 1 heterocycles. The van der Waals surface area contributed by atoms with Crippen molar-refractivity contribution in [1.82, 2.24) is 15.1 Å². The summed E-state index contributed by atoms with van der Waals surface area (Å²) in [5.41, 5.74) is 1.32. The molecule has 0 spiro atoms. The molecule has 0 bridgehead atoms. The molecule has 1 fully saturated rings. The lowest BCUT2D eigenvalue weighted by Gasteiger charge is -2.23. The second kappa shape index (κ2) is 11.2. The zero-order chi connectivity index (χ0) is 16.7. The molecule has 4 nitrogen and oxygen atoms in total. The third-order valence-corrected chi connectivity index (χ3v) is 5.01. The van der Waals surface area contributed by atoms with Gasteiger partial charge in [-0.1, -0.05) is 12.1 Å². The Hall–Kier alpha value is -0.470. The van der Waals surface area contributed by atoms with Gasteiger partial charge in [-0.3, -0.25) is 4.99 Å². The molecule has 1 atom stereocenters. The molecule has 1 aromatic carbocycles. The van der Waals surface area contributed by atoms with Crippen LogP contribution in [0.3, 0.4) is 0 Å². The Labute approximate surface area is 168 Å². The van der Waals surface area contributed by atoms with Gasteiger partial charge >= 0.3 is 0 Å². The van der Waals surface area contributed by atoms with Gasteiger partial charge in [0.1, 0.15) is 0 Å². The molecule has 0 saturated carbocycles. The Kier molecular flexibility index (Phi) is 10.1. The molecule has 2 rings (SSSR count). The van der Waals surface area contributed by atoms with Crippen LogP contribution in [-0.2, 0) is 6.54 Å². The number of nitrogens with one attached hydrogen (secondary N) is 1. The Morgan fingerprint density at radius 1 is 1.38 bits per heavy atom. The first-order valence-corrected chi connectivity index (χ1v) is 9.65. The second-order valence-corrected chi connectivity index (χ2v) is 7.20. The third-order valence-electron chi connectivity index (χ3n) is 4.26. The molecule has 0 amide bonds. The lowest BCUT2D eigenvalue weighted by atomic mass is 10.1. The fourth-order valence-corrected chi connectivity index (χ4v) is 3.35. The summed E-state index contributed by atoms with van der Waals surface area (Å²) in [6.45, 7) is 7.20. The van der Waals surface area contributed by atoms with Gasteiger partial charge < -0.3 is 15.1 Å². The van der Waals surface area contributed by atoms with Crippen LogP contribution in [0.4, 0.5) is 0 Å². The number of aliphatic imine (C=N–C) groups is 1. The average Bonchev–Trinajstić information content (AvgIpc) is 2.97. The molecule has 24 heavy (non-hydrogen) atoms. The number of nitrogens with zero attached hydrogens (tertiary/aromatic N) is 3. The van der Waals surface area contributed by atoms with Crippen molar-refractivity contribution in [3.63, 3.8) is 0 Å². The van der Waals surface area contributed by atoms with E-state index in [-0.39, 0.29) is 24.0 Å². The van der Waals surface area contributed by atoms with Gasteiger partial charge in [0.2, 0.25) is 0 Å². The summed E-state index contributed by atoms with van der Waals surface area (Å²) in [7, 11) is 4.31. The fraction of sp³-hybridized carbons (Fsp3) is 0.611. The number of likely N-dealkylation sites (tertiary alicyclic amines) is 1. The minimum Gasteiger partial charge on any atom is -0.357 e. The van der Waals surface area contributed by atoms with Crippen LogP contribution >= 0.6 is 35.7 Å². The number of thioether (sulfide) groups is 1. The van der Waals surface area contributed by atoms with Gasteiger partial charge in [0.25, 0.3) is 0 Å². The molecule has 0 aliphatic carbocycles. The van der Waals surface area contributed by atoms with E-state index in [9.17, 15) is 0 Å². The lowest BCUT2D eigenvalue weighted by molar-refractivity contribution is 0.396. The van der Waals surface area contributed by atoms with Crippen molar-refractivity contribution >= 4 is 41.7 Å². The summed E-state index contributed by atoms with van der Waals surface area (Å²) in [5, 5.41) is 3.42. The van der Waals surface area contributed by atoms with Gasteiger partial charge in [-0.15, -0.1) is 35.7 Å². The highest BCUT2D eigenvalue weighted by Crippen LogP contribution is 2.16. The molecule has 1 aliphatic heterocycles. The van der Waals surface area contributed by atoms with E-state index in [4.69, 9.17) is 4.99 Å². The summed E-state index contributed by atoms with van der Waals surface area (Å²) >= 11 is 1.78. The minimum atomic E-state index is 0. The Bertz CT molecular complexity index is 506. The first-order valence-electron chi connectivity index (χ1n) is 8.43. The molecule has 0 radical (unpaired) electrons. The summed E-state index contributed by atoms with van der Waals surface area (Å²) in [6, 6.07) is 8.79. The van der Waals surface area contributed by atoms with E-state index in [1.165, 1.54) is 30.0 Å². The van der Waals surface area contributed by atoms with Gasteiger partial charge in [-0.25, -0.2) is 0 Å². The van der Waals surface area contributed by atoms with Gasteiger partial charge in [-0.2, -0.15) is 0 Å². The molecule has 1 saturated heterocycles. The van der Waals surface area contributed by atoms with Crippen LogP contribution < -0.4 is 5.32 Å². The standard InChI is InChI=1S/C18H30N4S.HI/c1-5-19-18(20-12-16-10-11-21(2)13-16)22(3)14-15-6-8-17(23-4)9-7-15;/h6-9,16H,5,10-14H2,1-4H3,(H,19,20);1H. The average molecular weight is 462 g/mol. The normalized spacial score (nSPS) is 18.3. The Morgan fingerprint density at radius 2 is 2.08 bits per heavy atom. The largest absolute Gasteiger partial charge is 0.357 e. The molecule has 6 heteroatoms. The van der Waals surface area contributed by atoms with Crippen LogP contribution in [0.15, 0.2) is 34.2 Å². The molecule has 1 aliphatic rings. The highest BCUT2D eigenvalue weighted by molar-refractivity contribution is 14.0. The van der Waals surface area contributed by atoms with Crippen molar-refractivity contribution in [3.8, 4) is 0 Å². The van der Waals surface area contributed by atoms with Crippen LogP contribution in [0.5, 0.6) is 0 Å². The van der Waals surface area contributed by atoms with Gasteiger partial charge in [0.05, 0.1) is 0 Å². The summed E-state index contributed by atoms with van der Waals surface area (Å²) in [4.78, 5) is 10.8. The van der Waals surface area contributed by atoms with Crippen molar-refractivity contribution in [1.29, 1.82) is 0 Å². The monoisotopic (exact) mass is 462 g/mol. The zero-order valence-electron chi connectivity index (χ0n) is 15.3. The van der Waals surface area contributed by atoms with Crippen LogP contribution in [0.1, 0.15) is 18.9 Å². The summed E-state index contributed by atoms with van der Waals surface area (Å²) in [6.07, 6.45) is 3.37. The highest BCUT2D eigenvalue weighted by Gasteiger charge is 2.19. The number of hydrogen-bond donors (Lipinski definition) is 1. The fourth-order valence-electron chi connectivity index (χ4n) is 2.94. The van der Waals surface area contributed by atoms with E-state index in [0.29, 0.717) is 5.92 Å². The van der Waals surface area contributed by atoms with Crippen LogP contribution in [0, 0.1) is 5.92 Å². The first-order chi connectivity index (χ1) is 11.1. The van der Waals surface area contributed by atoms with E-state index in [1.807, 2.05) is 0 Å². The molecular weight excluding hydrogens is 431 g/mol. The maximum atomic E-state index is 4.86. The maximum absolute atomic E-state index is 4.86. The second-order valence-electron chi connectivity index (χ2n) is 6.32. The first kappa shape index (κ1) is 21.6. The number of hydrogen-bond acceptors (Lipinski definition) is 3. The van der Waals surface area contributed by atoms with Crippen LogP contribution in [-0.4, -0.2) is 62.3 Å². The smallest absolute Gasteiger partial charge is 0.193 e. The molecule has 0 aromatic heterocycles. The van der Waals surface area contributed by atoms with E-state index in [0.717, 1.165) is 25.6 Å². The van der Waals surface area contributed by atoms with Crippen molar-refractivity contribution in [2.75, 3.05) is 46.5 Å². The number of benzene rings is 1. The maximum Gasteiger partial charge on any atom is 0.193 e. The van der Waals surface area contributed by atoms with E-state index >= 15 is 0 Å². The summed E-state index contributed by atoms with van der Waals surface area (Å²) < 4.78 is 0. The van der Waals surface area contributed by atoms with Crippen molar-refractivity contribution < 1.29 is 0 Å². The minimum absolute atomic E-state index is 0. The van der Waals surface area contributed by atoms with Crippen LogP contribution in [0.25, 0.3) is 0 Å². The lowest BCUT2D eigenvalue weighted by Crippen LogP contribution is -2.38. The SMILES string of the molecule is CCNC(=NCC1CCN(C)C1)N(C)Cc1ccc(SC)cc1.I. The van der Waals surface area contributed by atoms with Gasteiger partial charge in [-0.05, 0) is 56.8 Å². The molecule has 1 N–H and O–H groups in total. The van der Waals surface area contributed by atoms with Gasteiger partial charge in [0.15, 0.2) is 5.96 Å². The van der Waals surface area contributed by atoms with Crippen molar-refractivity contribution in [3.05, 3.63) is 29.8 Å². The van der Waals surface area contributed by atoms with Crippen molar-refractivity contribution in [2.45, 2.75) is 24.8 Å². The third kappa shape index (κ3) is 6.80. The number of rotatable bonds is 6. The van der Waals surface area contributed by atoms with E-state index in [1.54, 1.807) is 11.8 Å². The zero-order valence-corrected chi connectivity index (χ0v) is 18.4. The molecule has 1 unspecified atom stereocenters. The number of halogens is 1. The van der Waals surface area contributed by atoms with E-state index < -0.39 is 0 Å². The highest BCUT2D eigenvalue weighted by atomic mass is 127. The number of guanidine groups is 1. The molecule has 1 aromatic rings. The van der Waals surface area contributed by atoms with Crippen LogP contribution in [0.2, 0.25) is 0 Å². The topological polar surface area (TPSA) is 30.9 Å². The Morgan fingerprint density at radius 3 is 2.62 bits per heavy atom. The summed E-state index contributed by atoms with van der Waals surface area (Å²) in [5.74, 6) is 1.71. The van der Waals surface area contributed by atoms with Gasteiger partial charge in [0, 0.05) is 38.1 Å². The Balaban J connectivity index is 0.00000288. The van der Waals surface area contributed by atoms with Crippen molar-refractivity contribution in [2.24, 2.45) is 10.9 Å². The predicted molar refractivity (Wildman–Crippen MR) is 117 cm³/mol. The van der Waals surface area contributed by atoms with E-state index in [2.05, 4.69) is 66.7 Å². The molecule has 136 valence electrons. The predicted octanol–water partition coefficient (Wildman–Crippen LogP) is 3.38. The quantitative estimate of drug-likeness (QED) is 0.304. The molecular formula is C18H31IN4S.